The van der Waals surface area contributed by atoms with Gasteiger partial charge in [0.2, 0.25) is 0 Å². The van der Waals surface area contributed by atoms with E-state index in [2.05, 4.69) is 84.9 Å². The van der Waals surface area contributed by atoms with E-state index in [-0.39, 0.29) is 0 Å². The van der Waals surface area contributed by atoms with Crippen LogP contribution in [0.1, 0.15) is 11.1 Å². The molecular weight excluding hydrogens is 276 g/mol. The summed E-state index contributed by atoms with van der Waals surface area (Å²) in [7, 11) is 0. The van der Waals surface area contributed by atoms with E-state index in [1.165, 1.54) is 44.2 Å². The summed E-state index contributed by atoms with van der Waals surface area (Å²) in [6, 6.07) is 30.4. The zero-order valence-electron chi connectivity index (χ0n) is 12.8. The molecular formula is C23H16. The molecule has 0 radical (unpaired) electrons. The first kappa shape index (κ1) is 12.7. The number of hydrogen-bond donors (Lipinski definition) is 0. The van der Waals surface area contributed by atoms with E-state index in [9.17, 15) is 0 Å². The van der Waals surface area contributed by atoms with Crippen molar-refractivity contribution in [3.8, 4) is 22.3 Å². The van der Waals surface area contributed by atoms with Gasteiger partial charge in [-0.2, -0.15) is 0 Å². The fraction of sp³-hybridized carbons (Fsp3) is 0.0435. The van der Waals surface area contributed by atoms with Gasteiger partial charge in [0.1, 0.15) is 0 Å². The van der Waals surface area contributed by atoms with Crippen molar-refractivity contribution in [1.82, 2.24) is 0 Å². The van der Waals surface area contributed by atoms with Gasteiger partial charge in [-0.3, -0.25) is 0 Å². The molecule has 0 heteroatoms. The summed E-state index contributed by atoms with van der Waals surface area (Å²) in [4.78, 5) is 0. The maximum absolute atomic E-state index is 2.27. The zero-order chi connectivity index (χ0) is 15.2. The van der Waals surface area contributed by atoms with Crippen LogP contribution in [0.5, 0.6) is 0 Å². The second kappa shape index (κ2) is 4.82. The van der Waals surface area contributed by atoms with Crippen LogP contribution in [0.2, 0.25) is 0 Å². The van der Waals surface area contributed by atoms with E-state index in [1.807, 2.05) is 0 Å². The smallest absolute Gasteiger partial charge is 0.000685 e. The van der Waals surface area contributed by atoms with Gasteiger partial charge in [0.05, 0.1) is 0 Å². The molecule has 23 heavy (non-hydrogen) atoms. The van der Waals surface area contributed by atoms with Gasteiger partial charge in [-0.05, 0) is 50.6 Å². The summed E-state index contributed by atoms with van der Waals surface area (Å²) in [6.45, 7) is 0. The van der Waals surface area contributed by atoms with E-state index in [4.69, 9.17) is 0 Å². The Morgan fingerprint density at radius 3 is 1.26 bits per heavy atom. The second-order valence-corrected chi connectivity index (χ2v) is 6.16. The van der Waals surface area contributed by atoms with Crippen LogP contribution >= 0.6 is 0 Å². The number of fused-ring (bicyclic) bond motifs is 2. The van der Waals surface area contributed by atoms with E-state index in [1.54, 1.807) is 0 Å². The van der Waals surface area contributed by atoms with Crippen molar-refractivity contribution in [3.63, 3.8) is 0 Å². The Balaban J connectivity index is 1.88. The highest BCUT2D eigenvalue weighted by Gasteiger charge is 2.29. The van der Waals surface area contributed by atoms with Crippen molar-refractivity contribution in [1.29, 1.82) is 0 Å². The van der Waals surface area contributed by atoms with Crippen LogP contribution in [0.15, 0.2) is 84.9 Å². The van der Waals surface area contributed by atoms with Gasteiger partial charge in [0.25, 0.3) is 0 Å². The Hall–Kier alpha value is -2.86. The summed E-state index contributed by atoms with van der Waals surface area (Å²) in [5.74, 6) is 0. The first-order chi connectivity index (χ1) is 11.4. The van der Waals surface area contributed by atoms with Crippen LogP contribution in [0, 0.1) is 0 Å². The molecule has 0 heterocycles. The molecule has 0 fully saturated rings. The summed E-state index contributed by atoms with van der Waals surface area (Å²) in [5, 5.41) is 2.74. The predicted octanol–water partition coefficient (Wildman–Crippen LogP) is 6.08. The van der Waals surface area contributed by atoms with Gasteiger partial charge in [0.15, 0.2) is 0 Å². The highest BCUT2D eigenvalue weighted by atomic mass is 14.3. The minimum absolute atomic E-state index is 1.11. The van der Waals surface area contributed by atoms with Gasteiger partial charge >= 0.3 is 0 Å². The zero-order valence-corrected chi connectivity index (χ0v) is 12.8. The third kappa shape index (κ3) is 1.92. The average molecular weight is 292 g/mol. The van der Waals surface area contributed by atoms with Gasteiger partial charge < -0.3 is 0 Å². The molecule has 0 amide bonds. The SMILES string of the molecule is c1ccc(-c2c3c(c(-c4ccccc4)c4ccccc24)C3)cc1. The monoisotopic (exact) mass is 292 g/mol. The van der Waals surface area contributed by atoms with Crippen molar-refractivity contribution in [2.75, 3.05) is 0 Å². The molecule has 0 atom stereocenters. The van der Waals surface area contributed by atoms with Gasteiger partial charge in [-0.25, -0.2) is 0 Å². The topological polar surface area (TPSA) is 0 Å². The summed E-state index contributed by atoms with van der Waals surface area (Å²) in [5.41, 5.74) is 8.56. The predicted molar refractivity (Wildman–Crippen MR) is 97.6 cm³/mol. The van der Waals surface area contributed by atoms with E-state index in [0.717, 1.165) is 6.42 Å². The molecule has 0 spiro atoms. The van der Waals surface area contributed by atoms with Crippen molar-refractivity contribution in [2.45, 2.75) is 6.42 Å². The Kier molecular flexibility index (Phi) is 2.65. The molecule has 0 saturated carbocycles. The van der Waals surface area contributed by atoms with Crippen LogP contribution in [0.25, 0.3) is 33.0 Å². The number of rotatable bonds is 2. The highest BCUT2D eigenvalue weighted by molar-refractivity contribution is 6.10. The lowest BCUT2D eigenvalue weighted by atomic mass is 9.92. The molecule has 0 nitrogen and oxygen atoms in total. The normalized spacial score (nSPS) is 12.2. The minimum Gasteiger partial charge on any atom is -0.0622 e. The van der Waals surface area contributed by atoms with Gasteiger partial charge in [-0.1, -0.05) is 84.9 Å². The molecule has 0 N–H and O–H groups in total. The first-order valence-corrected chi connectivity index (χ1v) is 8.11. The van der Waals surface area contributed by atoms with Crippen LogP contribution in [0.4, 0.5) is 0 Å². The van der Waals surface area contributed by atoms with Crippen LogP contribution in [-0.4, -0.2) is 0 Å². The van der Waals surface area contributed by atoms with Crippen LogP contribution < -0.4 is 0 Å². The lowest BCUT2D eigenvalue weighted by Crippen LogP contribution is -1.85. The lowest BCUT2D eigenvalue weighted by molar-refractivity contribution is 1.58. The fourth-order valence-electron chi connectivity index (χ4n) is 3.72. The molecule has 1 aliphatic rings. The third-order valence-electron chi connectivity index (χ3n) is 4.79. The third-order valence-corrected chi connectivity index (χ3v) is 4.79. The van der Waals surface area contributed by atoms with E-state index >= 15 is 0 Å². The molecule has 1 aliphatic carbocycles. The number of benzene rings is 4. The Morgan fingerprint density at radius 1 is 0.435 bits per heavy atom. The van der Waals surface area contributed by atoms with Gasteiger partial charge in [0, 0.05) is 0 Å². The Labute approximate surface area is 136 Å². The van der Waals surface area contributed by atoms with Crippen LogP contribution in [-0.2, 0) is 6.42 Å². The molecule has 0 saturated heterocycles. The van der Waals surface area contributed by atoms with Gasteiger partial charge in [-0.15, -0.1) is 0 Å². The summed E-state index contributed by atoms with van der Waals surface area (Å²) < 4.78 is 0. The molecule has 5 rings (SSSR count). The van der Waals surface area contributed by atoms with E-state index in [0.29, 0.717) is 0 Å². The molecule has 0 unspecified atom stereocenters. The van der Waals surface area contributed by atoms with Crippen molar-refractivity contribution >= 4 is 10.8 Å². The van der Waals surface area contributed by atoms with Crippen molar-refractivity contribution < 1.29 is 0 Å². The standard InChI is InChI=1S/C23H16/c1-3-9-16(10-4-1)22-18-13-7-8-14-19(18)23(21-15-20(21)22)17-11-5-2-6-12-17/h1-14H,15H2. The lowest BCUT2D eigenvalue weighted by Gasteiger charge is -2.11. The van der Waals surface area contributed by atoms with Crippen molar-refractivity contribution in [3.05, 3.63) is 96.1 Å². The Bertz CT molecular complexity index is 928. The fourth-order valence-corrected chi connectivity index (χ4v) is 3.72. The Morgan fingerprint density at radius 2 is 0.826 bits per heavy atom. The molecule has 4 aromatic rings. The molecule has 0 bridgehead atoms. The maximum Gasteiger partial charge on any atom is -0.000685 e. The molecule has 0 aliphatic heterocycles. The first-order valence-electron chi connectivity index (χ1n) is 8.11. The second-order valence-electron chi connectivity index (χ2n) is 6.16. The summed E-state index contributed by atoms with van der Waals surface area (Å²) in [6.07, 6.45) is 1.11. The average Bonchev–Trinajstić information content (AvgIpc) is 3.40. The summed E-state index contributed by atoms with van der Waals surface area (Å²) >= 11 is 0. The molecule has 108 valence electrons. The quantitative estimate of drug-likeness (QED) is 0.370. The van der Waals surface area contributed by atoms with E-state index < -0.39 is 0 Å². The highest BCUT2D eigenvalue weighted by Crippen LogP contribution is 2.49. The largest absolute Gasteiger partial charge is 0.0622 e. The number of hydrogen-bond acceptors (Lipinski definition) is 0. The molecule has 4 aromatic carbocycles. The minimum atomic E-state index is 1.11. The van der Waals surface area contributed by atoms with Crippen molar-refractivity contribution in [2.24, 2.45) is 0 Å². The van der Waals surface area contributed by atoms with Crippen LogP contribution in [0.3, 0.4) is 0 Å². The maximum atomic E-state index is 2.27. The molecule has 0 aromatic heterocycles.